The number of nitrogens with zero attached hydrogens (tertiary/aromatic N) is 4. The van der Waals surface area contributed by atoms with Gasteiger partial charge in [0, 0.05) is 32.1 Å². The fourth-order valence-corrected chi connectivity index (χ4v) is 3.59. The van der Waals surface area contributed by atoms with Crippen LogP contribution in [0.5, 0.6) is 0 Å². The molecule has 4 rings (SSSR count). The minimum absolute atomic E-state index is 0.204. The van der Waals surface area contributed by atoms with Gasteiger partial charge >= 0.3 is 0 Å². The van der Waals surface area contributed by atoms with Crippen molar-refractivity contribution in [2.24, 2.45) is 0 Å². The summed E-state index contributed by atoms with van der Waals surface area (Å²) in [5, 5.41) is 11.8. The van der Waals surface area contributed by atoms with E-state index < -0.39 is 17.5 Å². The predicted molar refractivity (Wildman–Crippen MR) is 86.0 cm³/mol. The van der Waals surface area contributed by atoms with Crippen LogP contribution in [0.1, 0.15) is 40.8 Å². The standard InChI is InChI=1S/C17H19F2N5O/c18-12-1-2-14(19)13(9-12)17(25)23-6-3-11(4-7-23)16-22-21-15-10-20-5-8-24(15)16/h1-2,9,11,20H,3-8,10H2. The molecule has 8 heteroatoms. The van der Waals surface area contributed by atoms with Gasteiger partial charge in [-0.05, 0) is 31.0 Å². The van der Waals surface area contributed by atoms with E-state index >= 15 is 0 Å². The molecule has 0 spiro atoms. The highest BCUT2D eigenvalue weighted by atomic mass is 19.1. The number of piperidine rings is 1. The number of fused-ring (bicyclic) bond motifs is 1. The number of likely N-dealkylation sites (tertiary alicyclic amines) is 1. The second-order valence-electron chi connectivity index (χ2n) is 6.49. The second-order valence-corrected chi connectivity index (χ2v) is 6.49. The summed E-state index contributed by atoms with van der Waals surface area (Å²) in [5.74, 6) is 0.404. The van der Waals surface area contributed by atoms with Crippen LogP contribution in [0, 0.1) is 11.6 Å². The van der Waals surface area contributed by atoms with E-state index in [1.807, 2.05) is 0 Å². The smallest absolute Gasteiger partial charge is 0.256 e. The molecule has 2 aliphatic heterocycles. The minimum Gasteiger partial charge on any atom is -0.339 e. The summed E-state index contributed by atoms with van der Waals surface area (Å²) in [4.78, 5) is 14.1. The van der Waals surface area contributed by atoms with E-state index in [2.05, 4.69) is 20.1 Å². The molecule has 3 heterocycles. The zero-order valence-corrected chi connectivity index (χ0v) is 13.7. The Morgan fingerprint density at radius 1 is 1.16 bits per heavy atom. The molecular weight excluding hydrogens is 328 g/mol. The summed E-state index contributed by atoms with van der Waals surface area (Å²) in [6, 6.07) is 2.97. The number of hydrogen-bond donors (Lipinski definition) is 1. The van der Waals surface area contributed by atoms with E-state index in [1.165, 1.54) is 0 Å². The first-order valence-electron chi connectivity index (χ1n) is 8.50. The van der Waals surface area contributed by atoms with Gasteiger partial charge in [-0.2, -0.15) is 0 Å². The molecule has 1 saturated heterocycles. The van der Waals surface area contributed by atoms with E-state index in [0.29, 0.717) is 13.1 Å². The van der Waals surface area contributed by atoms with E-state index in [9.17, 15) is 13.6 Å². The lowest BCUT2D eigenvalue weighted by Crippen LogP contribution is -2.39. The van der Waals surface area contributed by atoms with Crippen molar-refractivity contribution in [1.82, 2.24) is 25.0 Å². The molecule has 0 aliphatic carbocycles. The van der Waals surface area contributed by atoms with Crippen LogP contribution in [0.4, 0.5) is 8.78 Å². The van der Waals surface area contributed by atoms with Crippen LogP contribution in [0.2, 0.25) is 0 Å². The molecular formula is C17H19F2N5O. The Bertz CT molecular complexity index is 798. The second kappa shape index (κ2) is 6.51. The highest BCUT2D eigenvalue weighted by Crippen LogP contribution is 2.28. The van der Waals surface area contributed by atoms with E-state index in [-0.39, 0.29) is 11.5 Å². The van der Waals surface area contributed by atoms with Crippen molar-refractivity contribution < 1.29 is 13.6 Å². The molecule has 0 saturated carbocycles. The van der Waals surface area contributed by atoms with Crippen molar-refractivity contribution in [3.63, 3.8) is 0 Å². The number of carbonyl (C=O) groups is 1. The number of amides is 1. The summed E-state index contributed by atoms with van der Waals surface area (Å²) < 4.78 is 29.3. The van der Waals surface area contributed by atoms with Crippen LogP contribution < -0.4 is 5.32 Å². The Hall–Kier alpha value is -2.35. The van der Waals surface area contributed by atoms with Gasteiger partial charge in [-0.1, -0.05) is 0 Å². The molecule has 25 heavy (non-hydrogen) atoms. The molecule has 6 nitrogen and oxygen atoms in total. The third kappa shape index (κ3) is 3.02. The highest BCUT2D eigenvalue weighted by molar-refractivity contribution is 5.94. The molecule has 0 radical (unpaired) electrons. The lowest BCUT2D eigenvalue weighted by molar-refractivity contribution is 0.0704. The largest absolute Gasteiger partial charge is 0.339 e. The first-order chi connectivity index (χ1) is 12.1. The van der Waals surface area contributed by atoms with E-state index in [4.69, 9.17) is 0 Å². The van der Waals surface area contributed by atoms with Crippen LogP contribution in [0.3, 0.4) is 0 Å². The van der Waals surface area contributed by atoms with Crippen LogP contribution in [-0.2, 0) is 13.1 Å². The summed E-state index contributed by atoms with van der Waals surface area (Å²) in [6.07, 6.45) is 1.49. The Morgan fingerprint density at radius 3 is 2.76 bits per heavy atom. The molecule has 2 aromatic rings. The maximum Gasteiger partial charge on any atom is 0.256 e. The van der Waals surface area contributed by atoms with Crippen LogP contribution in [-0.4, -0.2) is 45.2 Å². The lowest BCUT2D eigenvalue weighted by atomic mass is 9.95. The first kappa shape index (κ1) is 16.1. The van der Waals surface area contributed by atoms with Gasteiger partial charge in [0.1, 0.15) is 23.3 Å². The zero-order chi connectivity index (χ0) is 17.4. The van der Waals surface area contributed by atoms with Gasteiger partial charge < -0.3 is 14.8 Å². The van der Waals surface area contributed by atoms with Crippen molar-refractivity contribution >= 4 is 5.91 Å². The molecule has 132 valence electrons. The molecule has 1 amide bonds. The third-order valence-electron chi connectivity index (χ3n) is 4.96. The molecule has 1 aromatic heterocycles. The maximum atomic E-state index is 13.8. The van der Waals surface area contributed by atoms with Gasteiger partial charge in [0.25, 0.3) is 5.91 Å². The van der Waals surface area contributed by atoms with Gasteiger partial charge in [-0.15, -0.1) is 10.2 Å². The molecule has 0 bridgehead atoms. The number of benzene rings is 1. The summed E-state index contributed by atoms with van der Waals surface area (Å²) in [7, 11) is 0. The summed E-state index contributed by atoms with van der Waals surface area (Å²) in [6.45, 7) is 3.47. The number of hydrogen-bond acceptors (Lipinski definition) is 4. The molecule has 1 fully saturated rings. The Balaban J connectivity index is 1.45. The molecule has 1 aromatic carbocycles. The maximum absolute atomic E-state index is 13.8. The SMILES string of the molecule is O=C(c1cc(F)ccc1F)N1CCC(c2nnc3n2CCNC3)CC1. The van der Waals surface area contributed by atoms with Gasteiger partial charge in [0.2, 0.25) is 0 Å². The predicted octanol–water partition coefficient (Wildman–Crippen LogP) is 1.68. The van der Waals surface area contributed by atoms with Crippen LogP contribution >= 0.6 is 0 Å². The van der Waals surface area contributed by atoms with Crippen molar-refractivity contribution in [2.45, 2.75) is 31.8 Å². The molecule has 2 aliphatic rings. The van der Waals surface area contributed by atoms with Crippen molar-refractivity contribution in [1.29, 1.82) is 0 Å². The minimum atomic E-state index is -0.687. The molecule has 0 unspecified atom stereocenters. The number of aromatic nitrogens is 3. The Kier molecular flexibility index (Phi) is 4.20. The number of halogens is 2. The zero-order valence-electron chi connectivity index (χ0n) is 13.7. The number of nitrogens with one attached hydrogen (secondary N) is 1. The van der Waals surface area contributed by atoms with Crippen molar-refractivity contribution in [3.8, 4) is 0 Å². The lowest BCUT2D eigenvalue weighted by Gasteiger charge is -2.32. The Labute approximate surface area is 143 Å². The van der Waals surface area contributed by atoms with E-state index in [0.717, 1.165) is 62.3 Å². The topological polar surface area (TPSA) is 63.1 Å². The molecule has 0 atom stereocenters. The fraction of sp³-hybridized carbons (Fsp3) is 0.471. The highest BCUT2D eigenvalue weighted by Gasteiger charge is 2.30. The van der Waals surface area contributed by atoms with E-state index in [1.54, 1.807) is 4.90 Å². The van der Waals surface area contributed by atoms with Gasteiger partial charge in [-0.25, -0.2) is 8.78 Å². The van der Waals surface area contributed by atoms with Crippen molar-refractivity contribution in [3.05, 3.63) is 47.0 Å². The summed E-state index contributed by atoms with van der Waals surface area (Å²) in [5.41, 5.74) is -0.204. The monoisotopic (exact) mass is 347 g/mol. The molecule has 1 N–H and O–H groups in total. The van der Waals surface area contributed by atoms with Crippen LogP contribution in [0.25, 0.3) is 0 Å². The van der Waals surface area contributed by atoms with Gasteiger partial charge in [-0.3, -0.25) is 4.79 Å². The summed E-state index contributed by atoms with van der Waals surface area (Å²) >= 11 is 0. The average molecular weight is 347 g/mol. The number of carbonyl (C=O) groups excluding carboxylic acids is 1. The first-order valence-corrected chi connectivity index (χ1v) is 8.50. The van der Waals surface area contributed by atoms with Gasteiger partial charge in [0.05, 0.1) is 12.1 Å². The normalized spacial score (nSPS) is 18.2. The fourth-order valence-electron chi connectivity index (χ4n) is 3.59. The van der Waals surface area contributed by atoms with Crippen molar-refractivity contribution in [2.75, 3.05) is 19.6 Å². The number of rotatable bonds is 2. The third-order valence-corrected chi connectivity index (χ3v) is 4.96. The Morgan fingerprint density at radius 2 is 1.96 bits per heavy atom. The van der Waals surface area contributed by atoms with Gasteiger partial charge in [0.15, 0.2) is 0 Å². The quantitative estimate of drug-likeness (QED) is 0.898. The van der Waals surface area contributed by atoms with Crippen LogP contribution in [0.15, 0.2) is 18.2 Å². The average Bonchev–Trinajstić information content (AvgIpc) is 3.07.